The van der Waals surface area contributed by atoms with E-state index in [0.29, 0.717) is 16.3 Å². The van der Waals surface area contributed by atoms with Crippen LogP contribution in [0, 0.1) is 10.1 Å². The van der Waals surface area contributed by atoms with Crippen LogP contribution in [0.5, 0.6) is 0 Å². The van der Waals surface area contributed by atoms with Gasteiger partial charge in [-0.2, -0.15) is 5.10 Å². The lowest BCUT2D eigenvalue weighted by Crippen LogP contribution is -2.15. The number of anilines is 1. The summed E-state index contributed by atoms with van der Waals surface area (Å²) >= 11 is 6.01. The zero-order chi connectivity index (χ0) is 21.8. The van der Waals surface area contributed by atoms with Gasteiger partial charge in [0.2, 0.25) is 5.91 Å². The molecular weight excluding hydrogens is 418 g/mol. The molecular formula is C22H16ClN5O3. The molecule has 0 saturated carbocycles. The van der Waals surface area contributed by atoms with Crippen LogP contribution in [-0.4, -0.2) is 25.6 Å². The smallest absolute Gasteiger partial charge is 0.310 e. The summed E-state index contributed by atoms with van der Waals surface area (Å²) in [6, 6.07) is 18.1. The normalized spacial score (nSPS) is 10.6. The van der Waals surface area contributed by atoms with Gasteiger partial charge in [0, 0.05) is 28.5 Å². The van der Waals surface area contributed by atoms with Crippen molar-refractivity contribution in [2.45, 2.75) is 6.42 Å². The molecule has 0 unspecified atom stereocenters. The number of carbonyl (C=O) groups is 1. The Morgan fingerprint density at radius 1 is 1.10 bits per heavy atom. The molecule has 4 aromatic rings. The van der Waals surface area contributed by atoms with Crippen molar-refractivity contribution in [1.82, 2.24) is 14.8 Å². The molecule has 1 amide bonds. The number of nitro groups is 1. The van der Waals surface area contributed by atoms with Crippen LogP contribution in [0.15, 0.2) is 79.3 Å². The van der Waals surface area contributed by atoms with Crippen molar-refractivity contribution in [3.05, 3.63) is 100.0 Å². The molecule has 9 heteroatoms. The highest BCUT2D eigenvalue weighted by molar-refractivity contribution is 6.30. The molecule has 0 aliphatic heterocycles. The topological polar surface area (TPSA) is 103 Å². The van der Waals surface area contributed by atoms with Crippen LogP contribution in [0.3, 0.4) is 0 Å². The van der Waals surface area contributed by atoms with Crippen molar-refractivity contribution in [2.24, 2.45) is 0 Å². The molecule has 2 aromatic carbocycles. The number of halogens is 1. The van der Waals surface area contributed by atoms with E-state index in [9.17, 15) is 14.9 Å². The number of amides is 1. The van der Waals surface area contributed by atoms with Crippen molar-refractivity contribution in [1.29, 1.82) is 0 Å². The molecule has 0 bridgehead atoms. The number of nitrogens with one attached hydrogen (secondary N) is 1. The molecule has 8 nitrogen and oxygen atoms in total. The quantitative estimate of drug-likeness (QED) is 0.351. The maximum atomic E-state index is 12.7. The second-order valence-electron chi connectivity index (χ2n) is 6.66. The third-order valence-electron chi connectivity index (χ3n) is 4.55. The van der Waals surface area contributed by atoms with E-state index in [-0.39, 0.29) is 17.8 Å². The Labute approximate surface area is 182 Å². The van der Waals surface area contributed by atoms with Crippen molar-refractivity contribution < 1.29 is 9.72 Å². The monoisotopic (exact) mass is 433 g/mol. The minimum absolute atomic E-state index is 0.0235. The Bertz CT molecular complexity index is 1240. The van der Waals surface area contributed by atoms with E-state index in [2.05, 4.69) is 15.4 Å². The third kappa shape index (κ3) is 4.59. The molecule has 0 saturated heterocycles. The minimum Gasteiger partial charge on any atom is -0.320 e. The molecule has 4 rings (SSSR count). The van der Waals surface area contributed by atoms with Crippen molar-refractivity contribution in [2.75, 3.05) is 5.32 Å². The van der Waals surface area contributed by atoms with Crippen LogP contribution in [0.2, 0.25) is 5.02 Å². The first kappa shape index (κ1) is 20.2. The summed E-state index contributed by atoms with van der Waals surface area (Å²) in [5.74, 6) is -0.405. The lowest BCUT2D eigenvalue weighted by molar-refractivity contribution is -0.384. The highest BCUT2D eigenvalue weighted by atomic mass is 35.5. The van der Waals surface area contributed by atoms with Gasteiger partial charge in [-0.1, -0.05) is 41.9 Å². The van der Waals surface area contributed by atoms with E-state index in [1.807, 2.05) is 42.5 Å². The summed E-state index contributed by atoms with van der Waals surface area (Å²) in [5.41, 5.74) is 2.76. The van der Waals surface area contributed by atoms with Gasteiger partial charge in [-0.15, -0.1) is 0 Å². The molecule has 0 atom stereocenters. The summed E-state index contributed by atoms with van der Waals surface area (Å²) in [6.07, 6.45) is 4.24. The van der Waals surface area contributed by atoms with Crippen LogP contribution in [0.25, 0.3) is 16.9 Å². The van der Waals surface area contributed by atoms with Crippen molar-refractivity contribution in [3.63, 3.8) is 0 Å². The summed E-state index contributed by atoms with van der Waals surface area (Å²) < 4.78 is 1.70. The van der Waals surface area contributed by atoms with Crippen LogP contribution < -0.4 is 5.32 Å². The number of aromatic nitrogens is 3. The number of nitrogens with zero attached hydrogens (tertiary/aromatic N) is 4. The Hall–Kier alpha value is -4.04. The van der Waals surface area contributed by atoms with Gasteiger partial charge in [-0.25, -0.2) is 4.68 Å². The molecule has 0 aliphatic rings. The predicted molar refractivity (Wildman–Crippen MR) is 117 cm³/mol. The van der Waals surface area contributed by atoms with E-state index in [1.54, 1.807) is 23.0 Å². The molecule has 2 heterocycles. The molecule has 0 aliphatic carbocycles. The largest absolute Gasteiger partial charge is 0.320 e. The molecule has 31 heavy (non-hydrogen) atoms. The summed E-state index contributed by atoms with van der Waals surface area (Å²) in [6.45, 7) is 0. The first-order valence-corrected chi connectivity index (χ1v) is 9.67. The summed E-state index contributed by atoms with van der Waals surface area (Å²) in [4.78, 5) is 27.1. The van der Waals surface area contributed by atoms with Gasteiger partial charge < -0.3 is 5.32 Å². The standard InChI is InChI=1S/C22H16ClN5O3/c23-17-8-6-15(7-9-17)22-16(14-27(26-22)18-4-2-1-3-5-18)12-21(29)25-19-10-11-24-13-20(19)28(30)31/h1-11,13-14H,12H2,(H,24,25,29). The number of benzene rings is 2. The fourth-order valence-corrected chi connectivity index (χ4v) is 3.23. The van der Waals surface area contributed by atoms with Crippen LogP contribution in [0.4, 0.5) is 11.4 Å². The van der Waals surface area contributed by atoms with Crippen molar-refractivity contribution in [3.8, 4) is 16.9 Å². The number of para-hydroxylation sites is 1. The van der Waals surface area contributed by atoms with Crippen LogP contribution in [-0.2, 0) is 11.2 Å². The van der Waals surface area contributed by atoms with E-state index < -0.39 is 10.8 Å². The SMILES string of the molecule is O=C(Cc1cn(-c2ccccc2)nc1-c1ccc(Cl)cc1)Nc1ccncc1[N+](=O)[O-]. The maximum absolute atomic E-state index is 12.7. The van der Waals surface area contributed by atoms with E-state index in [0.717, 1.165) is 17.4 Å². The summed E-state index contributed by atoms with van der Waals surface area (Å²) in [7, 11) is 0. The Kier molecular flexibility index (Phi) is 5.72. The van der Waals surface area contributed by atoms with Gasteiger partial charge in [-0.3, -0.25) is 19.9 Å². The van der Waals surface area contributed by atoms with Gasteiger partial charge in [-0.05, 0) is 30.3 Å². The maximum Gasteiger partial charge on any atom is 0.310 e. The molecule has 1 N–H and O–H groups in total. The lowest BCUT2D eigenvalue weighted by Gasteiger charge is -2.06. The minimum atomic E-state index is -0.588. The second-order valence-corrected chi connectivity index (χ2v) is 7.10. The van der Waals surface area contributed by atoms with Gasteiger partial charge in [0.1, 0.15) is 11.9 Å². The highest BCUT2D eigenvalue weighted by Crippen LogP contribution is 2.27. The van der Waals surface area contributed by atoms with Crippen LogP contribution in [0.1, 0.15) is 5.56 Å². The van der Waals surface area contributed by atoms with E-state index in [4.69, 9.17) is 11.6 Å². The number of hydrogen-bond donors (Lipinski definition) is 1. The second kappa shape index (κ2) is 8.76. The molecule has 0 radical (unpaired) electrons. The van der Waals surface area contributed by atoms with Gasteiger partial charge in [0.25, 0.3) is 0 Å². The molecule has 0 fully saturated rings. The Morgan fingerprint density at radius 3 is 2.55 bits per heavy atom. The Balaban J connectivity index is 1.67. The number of rotatable bonds is 6. The number of pyridine rings is 1. The van der Waals surface area contributed by atoms with Gasteiger partial charge in [0.05, 0.1) is 22.7 Å². The average Bonchev–Trinajstić information content (AvgIpc) is 3.18. The average molecular weight is 434 g/mol. The molecule has 2 aromatic heterocycles. The van der Waals surface area contributed by atoms with E-state index >= 15 is 0 Å². The zero-order valence-corrected chi connectivity index (χ0v) is 16.9. The van der Waals surface area contributed by atoms with Crippen molar-refractivity contribution >= 4 is 28.9 Å². The third-order valence-corrected chi connectivity index (χ3v) is 4.80. The fraction of sp³-hybridized carbons (Fsp3) is 0.0455. The molecule has 0 spiro atoms. The van der Waals surface area contributed by atoms with E-state index in [1.165, 1.54) is 12.3 Å². The highest BCUT2D eigenvalue weighted by Gasteiger charge is 2.19. The zero-order valence-electron chi connectivity index (χ0n) is 16.1. The van der Waals surface area contributed by atoms with Crippen LogP contribution >= 0.6 is 11.6 Å². The first-order valence-electron chi connectivity index (χ1n) is 9.29. The fourth-order valence-electron chi connectivity index (χ4n) is 3.11. The first-order chi connectivity index (χ1) is 15.0. The predicted octanol–water partition coefficient (Wildman–Crippen LogP) is 4.68. The Morgan fingerprint density at radius 2 is 1.84 bits per heavy atom. The summed E-state index contributed by atoms with van der Waals surface area (Å²) in [5, 5.41) is 19.0. The van der Waals surface area contributed by atoms with Gasteiger partial charge >= 0.3 is 5.69 Å². The lowest BCUT2D eigenvalue weighted by atomic mass is 10.1. The number of hydrogen-bond acceptors (Lipinski definition) is 5. The molecule has 154 valence electrons. The number of carbonyl (C=O) groups excluding carboxylic acids is 1. The van der Waals surface area contributed by atoms with Gasteiger partial charge in [0.15, 0.2) is 0 Å².